The summed E-state index contributed by atoms with van der Waals surface area (Å²) in [6.07, 6.45) is 0.538. The Labute approximate surface area is 317 Å². The maximum Gasteiger partial charge on any atom is 0.407 e. The lowest BCUT2D eigenvalue weighted by atomic mass is 10.1. The zero-order valence-corrected chi connectivity index (χ0v) is 32.1. The number of azide groups is 1. The molecule has 0 aromatic heterocycles. The summed E-state index contributed by atoms with van der Waals surface area (Å²) in [5, 5.41) is 20.3. The van der Waals surface area contributed by atoms with Crippen LogP contribution in [0.4, 0.5) is 4.79 Å². The maximum absolute atomic E-state index is 12.1. The Balaban J connectivity index is 3.48. The van der Waals surface area contributed by atoms with Gasteiger partial charge in [-0.2, -0.15) is 0 Å². The highest BCUT2D eigenvalue weighted by Gasteiger charge is 2.20. The molecule has 54 heavy (non-hydrogen) atoms. The number of nitrogens with one attached hydrogen (secondary N) is 3. The minimum Gasteiger partial charge on any atom is -0.480 e. The fraction of sp³-hybridized carbons (Fsp3) is 0.879. The van der Waals surface area contributed by atoms with Gasteiger partial charge in [-0.15, -0.1) is 0 Å². The van der Waals surface area contributed by atoms with E-state index < -0.39 is 42.1 Å². The number of carbonyl (C=O) groups is 4. The van der Waals surface area contributed by atoms with Crippen molar-refractivity contribution >= 4 is 23.9 Å². The summed E-state index contributed by atoms with van der Waals surface area (Å²) in [6.45, 7) is 11.8. The number of hydrogen-bond acceptors (Lipinski definition) is 15. The minimum atomic E-state index is -1.19. The highest BCUT2D eigenvalue weighted by molar-refractivity contribution is 5.84. The molecule has 0 aliphatic rings. The third kappa shape index (κ3) is 38.4. The molecule has 0 bridgehead atoms. The lowest BCUT2D eigenvalue weighted by Crippen LogP contribution is -2.43. The predicted molar refractivity (Wildman–Crippen MR) is 192 cm³/mol. The van der Waals surface area contributed by atoms with Gasteiger partial charge in [-0.3, -0.25) is 9.59 Å². The number of unbranched alkanes of at least 4 members (excludes halogenated alkanes) is 1. The number of carboxylic acid groups (broad SMARTS) is 1. The monoisotopic (exact) mass is 782 g/mol. The highest BCUT2D eigenvalue weighted by atomic mass is 16.6. The molecular weight excluding hydrogens is 720 g/mol. The molecule has 0 rings (SSSR count). The van der Waals surface area contributed by atoms with Crippen LogP contribution >= 0.6 is 0 Å². The summed E-state index contributed by atoms with van der Waals surface area (Å²) >= 11 is 0. The zero-order chi connectivity index (χ0) is 40.0. The van der Waals surface area contributed by atoms with Gasteiger partial charge in [0.2, 0.25) is 11.8 Å². The number of aliphatic carboxylic acids is 1. The van der Waals surface area contributed by atoms with Gasteiger partial charge in [-0.05, 0) is 45.6 Å². The van der Waals surface area contributed by atoms with E-state index in [1.165, 1.54) is 0 Å². The van der Waals surface area contributed by atoms with Gasteiger partial charge < -0.3 is 68.4 Å². The second-order valence-electron chi connectivity index (χ2n) is 12.1. The van der Waals surface area contributed by atoms with E-state index in [4.69, 9.17) is 52.9 Å². The van der Waals surface area contributed by atoms with Crippen LogP contribution < -0.4 is 16.0 Å². The molecule has 0 aromatic carbocycles. The van der Waals surface area contributed by atoms with Gasteiger partial charge in [0, 0.05) is 24.5 Å². The topological polar surface area (TPSA) is 266 Å². The molecule has 0 radical (unpaired) electrons. The molecule has 0 saturated carbocycles. The Morgan fingerprint density at radius 2 is 1.06 bits per heavy atom. The number of nitrogens with zero attached hydrogens (tertiary/aromatic N) is 3. The Morgan fingerprint density at radius 3 is 1.50 bits per heavy atom. The molecule has 0 spiro atoms. The van der Waals surface area contributed by atoms with Crippen molar-refractivity contribution in [2.24, 2.45) is 5.11 Å². The Bertz CT molecular complexity index is 1020. The number of hydrogen-bond donors (Lipinski definition) is 4. The van der Waals surface area contributed by atoms with Gasteiger partial charge in [0.15, 0.2) is 0 Å². The van der Waals surface area contributed by atoms with Gasteiger partial charge in [-0.1, -0.05) is 5.11 Å². The number of alkyl carbamates (subject to hydrolysis) is 1. The molecule has 314 valence electrons. The summed E-state index contributed by atoms with van der Waals surface area (Å²) in [7, 11) is 0. The van der Waals surface area contributed by atoms with Gasteiger partial charge >= 0.3 is 12.1 Å². The Hall–Kier alpha value is -3.37. The molecule has 21 heteroatoms. The third-order valence-corrected chi connectivity index (χ3v) is 6.26. The zero-order valence-electron chi connectivity index (χ0n) is 32.1. The highest BCUT2D eigenvalue weighted by Crippen LogP contribution is 2.07. The number of amides is 3. The second kappa shape index (κ2) is 36.6. The van der Waals surface area contributed by atoms with Crippen LogP contribution in [0.5, 0.6) is 0 Å². The average molecular weight is 783 g/mol. The molecule has 1 atom stereocenters. The lowest BCUT2D eigenvalue weighted by molar-refractivity contribution is -0.143. The molecular formula is C33H62N6O15. The first-order valence-corrected chi connectivity index (χ1v) is 18.0. The fourth-order valence-corrected chi connectivity index (χ4v) is 3.81. The van der Waals surface area contributed by atoms with Crippen molar-refractivity contribution in [1.29, 1.82) is 0 Å². The molecule has 0 fully saturated rings. The van der Waals surface area contributed by atoms with E-state index in [-0.39, 0.29) is 26.2 Å². The summed E-state index contributed by atoms with van der Waals surface area (Å²) in [6, 6.07) is -1.12. The van der Waals surface area contributed by atoms with Crippen molar-refractivity contribution in [2.75, 3.05) is 139 Å². The van der Waals surface area contributed by atoms with Crippen molar-refractivity contribution < 1.29 is 71.7 Å². The molecule has 4 N–H and O–H groups in total. The molecule has 21 nitrogen and oxygen atoms in total. The quantitative estimate of drug-likeness (QED) is 0.0292. The van der Waals surface area contributed by atoms with Gasteiger partial charge in [0.05, 0.1) is 106 Å². The van der Waals surface area contributed by atoms with Crippen LogP contribution in [0.2, 0.25) is 0 Å². The first-order valence-electron chi connectivity index (χ1n) is 18.0. The van der Waals surface area contributed by atoms with Crippen LogP contribution in [0.3, 0.4) is 0 Å². The van der Waals surface area contributed by atoms with E-state index in [0.29, 0.717) is 125 Å². The minimum absolute atomic E-state index is 0.157. The van der Waals surface area contributed by atoms with Gasteiger partial charge in [-0.25, -0.2) is 9.59 Å². The van der Waals surface area contributed by atoms with Crippen molar-refractivity contribution in [3.8, 4) is 0 Å². The first kappa shape index (κ1) is 50.6. The Morgan fingerprint density at radius 1 is 0.611 bits per heavy atom. The van der Waals surface area contributed by atoms with Crippen LogP contribution in [0.25, 0.3) is 10.4 Å². The van der Waals surface area contributed by atoms with Crippen LogP contribution in [0.1, 0.15) is 40.0 Å². The van der Waals surface area contributed by atoms with Crippen LogP contribution in [-0.2, 0) is 61.8 Å². The van der Waals surface area contributed by atoms with Crippen molar-refractivity contribution in [1.82, 2.24) is 16.0 Å². The van der Waals surface area contributed by atoms with E-state index in [9.17, 15) is 24.3 Å². The number of rotatable bonds is 38. The maximum atomic E-state index is 12.1. The molecule has 0 aromatic rings. The number of carboxylic acids is 1. The van der Waals surface area contributed by atoms with Crippen LogP contribution in [0.15, 0.2) is 5.11 Å². The summed E-state index contributed by atoms with van der Waals surface area (Å²) in [4.78, 5) is 49.7. The summed E-state index contributed by atoms with van der Waals surface area (Å²) in [5.41, 5.74) is 7.53. The molecule has 3 amide bonds. The average Bonchev–Trinajstić information content (AvgIpc) is 3.11. The van der Waals surface area contributed by atoms with Crippen LogP contribution in [0, 0.1) is 0 Å². The standard InChI is InChI=1S/C33H62N6O15/c1-33(2,3)54-32(44)36-7-5-4-6-28(31(42)43)38-30(41)27-53-26-29(40)35-8-10-45-12-14-47-16-18-49-20-22-51-24-25-52-23-21-50-19-17-48-15-13-46-11-9-37-39-34/h28H,4-27H2,1-3H3,(H,35,40)(H,36,44)(H,38,41)(H,42,43). The van der Waals surface area contributed by atoms with E-state index in [0.717, 1.165) is 0 Å². The van der Waals surface area contributed by atoms with E-state index >= 15 is 0 Å². The molecule has 0 heterocycles. The Kier molecular flexibility index (Phi) is 34.3. The largest absolute Gasteiger partial charge is 0.480 e. The summed E-state index contributed by atoms with van der Waals surface area (Å²) in [5.74, 6) is -2.31. The summed E-state index contributed by atoms with van der Waals surface area (Å²) < 4.78 is 53.3. The predicted octanol–water partition coefficient (Wildman–Crippen LogP) is 0.827. The van der Waals surface area contributed by atoms with E-state index in [1.807, 2.05) is 0 Å². The van der Waals surface area contributed by atoms with Crippen LogP contribution in [-0.4, -0.2) is 179 Å². The molecule has 0 saturated heterocycles. The van der Waals surface area contributed by atoms with E-state index in [1.54, 1.807) is 20.8 Å². The third-order valence-electron chi connectivity index (χ3n) is 6.26. The van der Waals surface area contributed by atoms with E-state index in [2.05, 4.69) is 26.0 Å². The first-order chi connectivity index (χ1) is 26.0. The molecule has 1 unspecified atom stereocenters. The molecule has 0 aliphatic heterocycles. The van der Waals surface area contributed by atoms with Gasteiger partial charge in [0.25, 0.3) is 0 Å². The number of ether oxygens (including phenoxy) is 10. The fourth-order valence-electron chi connectivity index (χ4n) is 3.81. The van der Waals surface area contributed by atoms with Crippen molar-refractivity contribution in [2.45, 2.75) is 51.7 Å². The number of carbonyl (C=O) groups excluding carboxylic acids is 3. The van der Waals surface area contributed by atoms with Crippen molar-refractivity contribution in [3.63, 3.8) is 0 Å². The second-order valence-corrected chi connectivity index (χ2v) is 12.1. The normalized spacial score (nSPS) is 11.8. The van der Waals surface area contributed by atoms with Gasteiger partial charge in [0.1, 0.15) is 24.9 Å². The van der Waals surface area contributed by atoms with Crippen molar-refractivity contribution in [3.05, 3.63) is 10.4 Å². The lowest BCUT2D eigenvalue weighted by Gasteiger charge is -2.19. The SMILES string of the molecule is CC(C)(C)OC(=O)NCCCCC(NC(=O)COCC(=O)NCCOCCOCCOCCOCCOCCOCCOCCOCCN=[N+]=[N-])C(=O)O. The molecule has 0 aliphatic carbocycles. The smallest absolute Gasteiger partial charge is 0.407 e.